The molecule has 0 spiro atoms. The van der Waals surface area contributed by atoms with Crippen LogP contribution in [0, 0.1) is 0 Å². The van der Waals surface area contributed by atoms with Crippen LogP contribution in [0.4, 0.5) is 0 Å². The van der Waals surface area contributed by atoms with Gasteiger partial charge in [-0.25, -0.2) is 4.98 Å². The molecular formula is C18H24N4O2S. The Kier molecular flexibility index (Phi) is 5.48. The van der Waals surface area contributed by atoms with Gasteiger partial charge in [-0.3, -0.25) is 4.79 Å². The first-order valence-corrected chi connectivity index (χ1v) is 9.25. The van der Waals surface area contributed by atoms with Crippen molar-refractivity contribution in [3.8, 4) is 0 Å². The predicted molar refractivity (Wildman–Crippen MR) is 98.6 cm³/mol. The molecular weight excluding hydrogens is 336 g/mol. The molecule has 0 radical (unpaired) electrons. The number of hydrogen-bond acceptors (Lipinski definition) is 6. The van der Waals surface area contributed by atoms with E-state index in [4.69, 9.17) is 0 Å². The van der Waals surface area contributed by atoms with Gasteiger partial charge in [-0.1, -0.05) is 30.3 Å². The molecule has 1 fully saturated rings. The zero-order chi connectivity index (χ0) is 17.9. The Labute approximate surface area is 151 Å². The van der Waals surface area contributed by atoms with E-state index in [0.29, 0.717) is 25.2 Å². The van der Waals surface area contributed by atoms with Crippen LogP contribution in [-0.2, 0) is 12.1 Å². The number of carbonyl (C=O) groups excluding carboxylic acids is 1. The van der Waals surface area contributed by atoms with Crippen molar-refractivity contribution in [2.24, 2.45) is 0 Å². The first-order chi connectivity index (χ1) is 12.0. The van der Waals surface area contributed by atoms with E-state index in [2.05, 4.69) is 15.6 Å². The normalized spacial score (nSPS) is 23.6. The smallest absolute Gasteiger partial charge is 0.271 e. The van der Waals surface area contributed by atoms with E-state index in [1.165, 1.54) is 11.3 Å². The van der Waals surface area contributed by atoms with Crippen molar-refractivity contribution in [3.05, 3.63) is 52.0 Å². The molecule has 1 saturated heterocycles. The second-order valence-corrected chi connectivity index (χ2v) is 7.57. The topological polar surface area (TPSA) is 77.5 Å². The maximum atomic E-state index is 12.8. The van der Waals surface area contributed by atoms with Crippen molar-refractivity contribution >= 4 is 17.2 Å². The summed E-state index contributed by atoms with van der Waals surface area (Å²) >= 11 is 1.48. The number of nitrogens with zero attached hydrogens (tertiary/aromatic N) is 2. The van der Waals surface area contributed by atoms with Crippen molar-refractivity contribution in [3.63, 3.8) is 0 Å². The van der Waals surface area contributed by atoms with E-state index in [-0.39, 0.29) is 5.91 Å². The number of β-amino-alcohol motifs (C(OH)–C–C–N with tert-alkyl or cyclic N) is 1. The lowest BCUT2D eigenvalue weighted by Gasteiger charge is -2.42. The molecule has 1 amide bonds. The van der Waals surface area contributed by atoms with Gasteiger partial charge in [0.1, 0.15) is 10.7 Å². The number of thiazole rings is 1. The molecule has 25 heavy (non-hydrogen) atoms. The van der Waals surface area contributed by atoms with Gasteiger partial charge in [0, 0.05) is 18.5 Å². The first kappa shape index (κ1) is 18.0. The summed E-state index contributed by atoms with van der Waals surface area (Å²) in [5.74, 6) is -0.244. The van der Waals surface area contributed by atoms with Gasteiger partial charge in [-0.05, 0) is 32.6 Å². The van der Waals surface area contributed by atoms with Crippen LogP contribution in [0.3, 0.4) is 0 Å². The molecule has 0 bridgehead atoms. The summed E-state index contributed by atoms with van der Waals surface area (Å²) in [6.45, 7) is 1.88. The fraction of sp³-hybridized carbons (Fsp3) is 0.444. The molecule has 0 unspecified atom stereocenters. The van der Waals surface area contributed by atoms with E-state index in [1.807, 2.05) is 49.3 Å². The highest BCUT2D eigenvalue weighted by Crippen LogP contribution is 2.31. The van der Waals surface area contributed by atoms with Crippen LogP contribution in [0.2, 0.25) is 0 Å². The third-order valence-electron chi connectivity index (χ3n) is 4.46. The second-order valence-electron chi connectivity index (χ2n) is 6.63. The molecule has 1 aromatic carbocycles. The quantitative estimate of drug-likeness (QED) is 0.747. The predicted octanol–water partition coefficient (Wildman–Crippen LogP) is 1.18. The number of rotatable bonds is 5. The van der Waals surface area contributed by atoms with Gasteiger partial charge in [-0.15, -0.1) is 11.3 Å². The minimum Gasteiger partial charge on any atom is -0.389 e. The zero-order valence-electron chi connectivity index (χ0n) is 14.5. The highest BCUT2D eigenvalue weighted by molar-refractivity contribution is 7.09. The summed E-state index contributed by atoms with van der Waals surface area (Å²) in [5.41, 5.74) is 0.526. The Morgan fingerprint density at radius 1 is 1.44 bits per heavy atom. The number of hydrogen-bond donors (Lipinski definition) is 3. The molecule has 2 heterocycles. The van der Waals surface area contributed by atoms with Crippen molar-refractivity contribution in [2.45, 2.75) is 24.6 Å². The third kappa shape index (κ3) is 3.90. The van der Waals surface area contributed by atoms with Crippen LogP contribution in [0.25, 0.3) is 0 Å². The van der Waals surface area contributed by atoms with Crippen molar-refractivity contribution < 1.29 is 9.90 Å². The van der Waals surface area contributed by atoms with Crippen molar-refractivity contribution in [2.75, 3.05) is 27.2 Å². The molecule has 1 aliphatic rings. The highest BCUT2D eigenvalue weighted by Gasteiger charge is 2.43. The Balaban J connectivity index is 1.85. The SMILES string of the molecule is CN(C)Cc1nc(C(=O)N[C@]2(c3ccccc3)CCNC[C@H]2O)cs1. The molecule has 3 rings (SSSR count). The number of nitrogens with one attached hydrogen (secondary N) is 2. The molecule has 7 heteroatoms. The number of amides is 1. The summed E-state index contributed by atoms with van der Waals surface area (Å²) in [4.78, 5) is 19.3. The van der Waals surface area contributed by atoms with Gasteiger partial charge in [0.25, 0.3) is 5.91 Å². The van der Waals surface area contributed by atoms with E-state index in [9.17, 15) is 9.90 Å². The van der Waals surface area contributed by atoms with Gasteiger partial charge in [0.2, 0.25) is 0 Å². The van der Waals surface area contributed by atoms with Crippen molar-refractivity contribution in [1.29, 1.82) is 0 Å². The lowest BCUT2D eigenvalue weighted by atomic mass is 9.79. The van der Waals surface area contributed by atoms with Crippen LogP contribution in [0.15, 0.2) is 35.7 Å². The lowest BCUT2D eigenvalue weighted by Crippen LogP contribution is -2.61. The van der Waals surface area contributed by atoms with E-state index in [1.54, 1.807) is 5.38 Å². The van der Waals surface area contributed by atoms with Gasteiger partial charge in [0.15, 0.2) is 0 Å². The first-order valence-electron chi connectivity index (χ1n) is 8.37. The number of piperidine rings is 1. The molecule has 6 nitrogen and oxygen atoms in total. The van der Waals surface area contributed by atoms with E-state index in [0.717, 1.165) is 17.1 Å². The Bertz CT molecular complexity index is 719. The number of carbonyl (C=O) groups is 1. The molecule has 1 aromatic heterocycles. The minimum absolute atomic E-state index is 0.244. The Hall–Kier alpha value is -1.80. The summed E-state index contributed by atoms with van der Waals surface area (Å²) < 4.78 is 0. The van der Waals surface area contributed by atoms with Gasteiger partial charge >= 0.3 is 0 Å². The van der Waals surface area contributed by atoms with Crippen molar-refractivity contribution in [1.82, 2.24) is 20.5 Å². The number of aliphatic hydroxyl groups excluding tert-OH is 1. The molecule has 0 saturated carbocycles. The molecule has 1 aliphatic heterocycles. The third-order valence-corrected chi connectivity index (χ3v) is 5.30. The zero-order valence-corrected chi connectivity index (χ0v) is 15.3. The maximum Gasteiger partial charge on any atom is 0.271 e. The minimum atomic E-state index is -0.797. The second kappa shape index (κ2) is 7.61. The number of benzene rings is 1. The van der Waals surface area contributed by atoms with Crippen LogP contribution < -0.4 is 10.6 Å². The lowest BCUT2D eigenvalue weighted by molar-refractivity contribution is 0.0288. The molecule has 3 N–H and O–H groups in total. The molecule has 2 aromatic rings. The number of aliphatic hydroxyl groups is 1. The summed E-state index contributed by atoms with van der Waals surface area (Å²) in [5, 5.41) is 19.6. The molecule has 0 aliphatic carbocycles. The highest BCUT2D eigenvalue weighted by atomic mass is 32.1. The molecule has 134 valence electrons. The molecule has 2 atom stereocenters. The van der Waals surface area contributed by atoms with Crippen LogP contribution in [0.5, 0.6) is 0 Å². The number of aromatic nitrogens is 1. The Morgan fingerprint density at radius 3 is 2.88 bits per heavy atom. The Morgan fingerprint density at radius 2 is 2.20 bits per heavy atom. The van der Waals surface area contributed by atoms with Gasteiger partial charge in [0.05, 0.1) is 11.6 Å². The largest absolute Gasteiger partial charge is 0.389 e. The monoisotopic (exact) mass is 360 g/mol. The van der Waals surface area contributed by atoms with E-state index < -0.39 is 11.6 Å². The van der Waals surface area contributed by atoms with Crippen LogP contribution in [-0.4, -0.2) is 54.2 Å². The standard InChI is InChI=1S/C18H24N4O2S/c1-22(2)11-16-20-14(12-25-16)17(24)21-18(8-9-19-10-15(18)23)13-6-4-3-5-7-13/h3-7,12,15,19,23H,8-11H2,1-2H3,(H,21,24)/t15-,18+/m1/s1. The van der Waals surface area contributed by atoms with Gasteiger partial charge in [-0.2, -0.15) is 0 Å². The summed E-state index contributed by atoms with van der Waals surface area (Å²) in [6, 6.07) is 9.69. The average Bonchev–Trinajstić information content (AvgIpc) is 3.05. The maximum absolute atomic E-state index is 12.8. The van der Waals surface area contributed by atoms with Gasteiger partial charge < -0.3 is 20.6 Å². The summed E-state index contributed by atoms with van der Waals surface area (Å²) in [6.07, 6.45) is -0.0778. The van der Waals surface area contributed by atoms with Crippen LogP contribution in [0.1, 0.15) is 27.5 Å². The summed E-state index contributed by atoms with van der Waals surface area (Å²) in [7, 11) is 3.94. The van der Waals surface area contributed by atoms with E-state index >= 15 is 0 Å². The fourth-order valence-corrected chi connectivity index (χ4v) is 4.07. The van der Waals surface area contributed by atoms with Crippen LogP contribution >= 0.6 is 11.3 Å². The average molecular weight is 360 g/mol. The fourth-order valence-electron chi connectivity index (χ4n) is 3.18.